The van der Waals surface area contributed by atoms with Crippen molar-refractivity contribution in [1.29, 1.82) is 0 Å². The van der Waals surface area contributed by atoms with E-state index in [1.54, 1.807) is 13.2 Å². The summed E-state index contributed by atoms with van der Waals surface area (Å²) in [4.78, 5) is 25.4. The molecule has 3 rings (SSSR count). The first-order valence-electron chi connectivity index (χ1n) is 8.02. The molecule has 0 saturated heterocycles. The number of thiophene rings is 1. The minimum atomic E-state index is -0.485. The molecule has 1 atom stereocenters. The third kappa shape index (κ3) is 3.81. The Hall–Kier alpha value is -1.78. The van der Waals surface area contributed by atoms with E-state index >= 15 is 0 Å². The van der Waals surface area contributed by atoms with E-state index in [9.17, 15) is 9.59 Å². The van der Waals surface area contributed by atoms with Crippen LogP contribution in [0.5, 0.6) is 0 Å². The van der Waals surface area contributed by atoms with Gasteiger partial charge >= 0.3 is 0 Å². The van der Waals surface area contributed by atoms with Crippen LogP contribution in [0.2, 0.25) is 0 Å². The van der Waals surface area contributed by atoms with Crippen molar-refractivity contribution in [3.8, 4) is 0 Å². The first-order chi connectivity index (χ1) is 12.3. The Morgan fingerprint density at radius 2 is 2.23 bits per heavy atom. The van der Waals surface area contributed by atoms with Crippen molar-refractivity contribution in [2.45, 2.75) is 26.2 Å². The number of halogens is 1. The fraction of sp³-hybridized carbons (Fsp3) is 0.375. The summed E-state index contributed by atoms with van der Waals surface area (Å²) in [6, 6.07) is 0. The molecule has 2 amide bonds. The van der Waals surface area contributed by atoms with Gasteiger partial charge in [-0.3, -0.25) is 19.6 Å². The van der Waals surface area contributed by atoms with Gasteiger partial charge < -0.3 is 11.1 Å². The first-order valence-corrected chi connectivity index (χ1v) is 10.0. The van der Waals surface area contributed by atoms with Gasteiger partial charge in [0.1, 0.15) is 5.00 Å². The topological polar surface area (TPSA) is 102 Å². The average Bonchev–Trinajstić information content (AvgIpc) is 3.05. The summed E-state index contributed by atoms with van der Waals surface area (Å²) in [5.74, 6) is -0.352. The molecular weight excluding hydrogens is 438 g/mol. The van der Waals surface area contributed by atoms with Gasteiger partial charge in [-0.1, -0.05) is 6.92 Å². The van der Waals surface area contributed by atoms with Crippen molar-refractivity contribution < 1.29 is 9.59 Å². The van der Waals surface area contributed by atoms with E-state index in [1.165, 1.54) is 16.0 Å². The van der Waals surface area contributed by atoms with Gasteiger partial charge in [-0.15, -0.1) is 11.3 Å². The highest BCUT2D eigenvalue weighted by atomic mass is 79.9. The second-order valence-corrected chi connectivity index (χ2v) is 8.70. The number of hydrogen-bond donors (Lipinski definition) is 3. The summed E-state index contributed by atoms with van der Waals surface area (Å²) in [6.45, 7) is 2.19. The standard InChI is InChI=1S/C16H18BrN5O2S2/c1-7-3-4-8-10(5-7)26-15(11(8)13(18)23)20-16(25)19-14(24)12-9(17)6-22(2)21-12/h6-7H,3-5H2,1-2H3,(H2,18,23)(H2,19,20,24,25)/t7-/m1/s1. The molecule has 0 spiro atoms. The molecule has 0 aliphatic heterocycles. The number of fused-ring (bicyclic) bond motifs is 1. The Morgan fingerprint density at radius 3 is 2.85 bits per heavy atom. The van der Waals surface area contributed by atoms with E-state index < -0.39 is 11.8 Å². The molecule has 2 heterocycles. The van der Waals surface area contributed by atoms with Gasteiger partial charge in [0.2, 0.25) is 0 Å². The molecule has 7 nitrogen and oxygen atoms in total. The fourth-order valence-electron chi connectivity index (χ4n) is 3.01. The molecule has 2 aromatic rings. The third-order valence-electron chi connectivity index (χ3n) is 4.21. The Morgan fingerprint density at radius 1 is 1.50 bits per heavy atom. The van der Waals surface area contributed by atoms with Gasteiger partial charge in [0.15, 0.2) is 10.8 Å². The van der Waals surface area contributed by atoms with Gasteiger partial charge in [0, 0.05) is 18.1 Å². The molecule has 1 aliphatic rings. The number of thiocarbonyl (C=S) groups is 1. The average molecular weight is 456 g/mol. The zero-order valence-corrected chi connectivity index (χ0v) is 17.5. The molecule has 2 aromatic heterocycles. The number of aryl methyl sites for hydroxylation is 1. The second kappa shape index (κ2) is 7.45. The highest BCUT2D eigenvalue weighted by molar-refractivity contribution is 9.10. The Kier molecular flexibility index (Phi) is 5.44. The van der Waals surface area contributed by atoms with E-state index in [-0.39, 0.29) is 10.8 Å². The number of nitrogens with zero attached hydrogens (tertiary/aromatic N) is 2. The first kappa shape index (κ1) is 19.0. The number of nitrogens with one attached hydrogen (secondary N) is 2. The van der Waals surface area contributed by atoms with Gasteiger partial charge in [0.25, 0.3) is 11.8 Å². The van der Waals surface area contributed by atoms with Crippen molar-refractivity contribution in [1.82, 2.24) is 15.1 Å². The summed E-state index contributed by atoms with van der Waals surface area (Å²) in [6.07, 6.45) is 4.44. The zero-order valence-electron chi connectivity index (χ0n) is 14.3. The van der Waals surface area contributed by atoms with Crippen molar-refractivity contribution in [3.05, 3.63) is 32.4 Å². The number of nitrogens with two attached hydrogens (primary N) is 1. The van der Waals surface area contributed by atoms with Crippen LogP contribution in [0.15, 0.2) is 10.7 Å². The maximum absolute atomic E-state index is 12.3. The molecule has 0 bridgehead atoms. The lowest BCUT2D eigenvalue weighted by atomic mass is 9.88. The lowest BCUT2D eigenvalue weighted by Crippen LogP contribution is -2.35. The Labute approximate surface area is 168 Å². The van der Waals surface area contributed by atoms with E-state index in [2.05, 4.69) is 38.6 Å². The Balaban J connectivity index is 1.78. The predicted molar refractivity (Wildman–Crippen MR) is 109 cm³/mol. The van der Waals surface area contributed by atoms with Crippen molar-refractivity contribution in [3.63, 3.8) is 0 Å². The number of hydrogen-bond acceptors (Lipinski definition) is 5. The summed E-state index contributed by atoms with van der Waals surface area (Å²) in [7, 11) is 1.72. The largest absolute Gasteiger partial charge is 0.365 e. The molecular formula is C16H18BrN5O2S2. The van der Waals surface area contributed by atoms with Gasteiger partial charge in [-0.25, -0.2) is 0 Å². The van der Waals surface area contributed by atoms with E-state index in [0.717, 1.165) is 29.7 Å². The smallest absolute Gasteiger partial charge is 0.279 e. The monoisotopic (exact) mass is 455 g/mol. The lowest BCUT2D eigenvalue weighted by molar-refractivity contribution is 0.0969. The van der Waals surface area contributed by atoms with Crippen LogP contribution >= 0.6 is 39.5 Å². The number of anilines is 1. The summed E-state index contributed by atoms with van der Waals surface area (Å²) in [5.41, 5.74) is 7.30. The molecule has 10 heteroatoms. The minimum absolute atomic E-state index is 0.0988. The molecule has 0 aromatic carbocycles. The van der Waals surface area contributed by atoms with Gasteiger partial charge in [0.05, 0.1) is 10.0 Å². The number of carbonyl (C=O) groups excluding carboxylic acids is 2. The normalized spacial score (nSPS) is 16.0. The highest BCUT2D eigenvalue weighted by Crippen LogP contribution is 2.39. The number of primary amides is 1. The van der Waals surface area contributed by atoms with Gasteiger partial charge in [-0.05, 0) is 58.9 Å². The molecule has 4 N–H and O–H groups in total. The number of carbonyl (C=O) groups is 2. The second-order valence-electron chi connectivity index (χ2n) is 6.33. The lowest BCUT2D eigenvalue weighted by Gasteiger charge is -2.18. The molecule has 0 unspecified atom stereocenters. The summed E-state index contributed by atoms with van der Waals surface area (Å²) >= 11 is 9.99. The SMILES string of the molecule is C[C@@H]1CCc2c(sc(NC(=S)NC(=O)c3nn(C)cc3Br)c2C(N)=O)C1. The van der Waals surface area contributed by atoms with Crippen molar-refractivity contribution in [2.75, 3.05) is 5.32 Å². The number of amides is 2. The van der Waals surface area contributed by atoms with Crippen LogP contribution < -0.4 is 16.4 Å². The molecule has 0 radical (unpaired) electrons. The van der Waals surface area contributed by atoms with Crippen molar-refractivity contribution >= 4 is 61.4 Å². The fourth-order valence-corrected chi connectivity index (χ4v) is 5.25. The number of aromatic nitrogens is 2. The quantitative estimate of drug-likeness (QED) is 0.617. The van der Waals surface area contributed by atoms with E-state index in [1.807, 2.05) is 0 Å². The molecule has 138 valence electrons. The van der Waals surface area contributed by atoms with Crippen LogP contribution in [0.3, 0.4) is 0 Å². The molecule has 1 aliphatic carbocycles. The van der Waals surface area contributed by atoms with Crippen LogP contribution in [0.1, 0.15) is 44.6 Å². The molecule has 0 fully saturated rings. The van der Waals surface area contributed by atoms with Crippen LogP contribution in [0.25, 0.3) is 0 Å². The minimum Gasteiger partial charge on any atom is -0.365 e. The summed E-state index contributed by atoms with van der Waals surface area (Å²) in [5, 5.41) is 10.3. The van der Waals surface area contributed by atoms with Crippen LogP contribution in [-0.4, -0.2) is 26.7 Å². The third-order valence-corrected chi connectivity index (χ3v) is 6.17. The van der Waals surface area contributed by atoms with Crippen LogP contribution in [0.4, 0.5) is 5.00 Å². The maximum Gasteiger partial charge on any atom is 0.279 e. The maximum atomic E-state index is 12.3. The van der Waals surface area contributed by atoms with Crippen molar-refractivity contribution in [2.24, 2.45) is 18.7 Å². The van der Waals surface area contributed by atoms with E-state index in [0.29, 0.717) is 21.0 Å². The molecule has 0 saturated carbocycles. The predicted octanol–water partition coefficient (Wildman–Crippen LogP) is 2.59. The Bertz CT molecular complexity index is 905. The van der Waals surface area contributed by atoms with E-state index in [4.69, 9.17) is 18.0 Å². The van der Waals surface area contributed by atoms with Gasteiger partial charge in [-0.2, -0.15) is 5.10 Å². The summed E-state index contributed by atoms with van der Waals surface area (Å²) < 4.78 is 2.09. The molecule has 26 heavy (non-hydrogen) atoms. The number of rotatable bonds is 3. The highest BCUT2D eigenvalue weighted by Gasteiger charge is 2.27. The van der Waals surface area contributed by atoms with Crippen LogP contribution in [0, 0.1) is 5.92 Å². The van der Waals surface area contributed by atoms with Crippen LogP contribution in [-0.2, 0) is 19.9 Å². The zero-order chi connectivity index (χ0) is 19.0.